The topological polar surface area (TPSA) is 60.5 Å². The second kappa shape index (κ2) is 11.0. The van der Waals surface area contributed by atoms with Crippen molar-refractivity contribution in [1.29, 1.82) is 0 Å². The average molecular weight is 469 g/mol. The summed E-state index contributed by atoms with van der Waals surface area (Å²) in [5.41, 5.74) is 2.91. The molecule has 1 aliphatic rings. The Kier molecular flexibility index (Phi) is 7.84. The fourth-order valence-electron chi connectivity index (χ4n) is 3.51. The van der Waals surface area contributed by atoms with Gasteiger partial charge in [-0.05, 0) is 43.7 Å². The van der Waals surface area contributed by atoms with Crippen LogP contribution in [0, 0.1) is 0 Å². The highest BCUT2D eigenvalue weighted by molar-refractivity contribution is 8.01. The Morgan fingerprint density at radius 1 is 1.19 bits per heavy atom. The number of thioether (sulfide) groups is 1. The number of nitrogens with zero attached hydrogens (tertiary/aromatic N) is 1. The third-order valence-corrected chi connectivity index (χ3v) is 7.43. The molecule has 1 aliphatic heterocycles. The van der Waals surface area contributed by atoms with Gasteiger partial charge in [-0.3, -0.25) is 4.79 Å². The molecule has 0 amide bonds. The number of aromatic nitrogens is 1. The van der Waals surface area contributed by atoms with Gasteiger partial charge in [0.1, 0.15) is 5.75 Å². The Labute approximate surface area is 197 Å². The predicted molar refractivity (Wildman–Crippen MR) is 133 cm³/mol. The number of nitrogens with one attached hydrogen (secondary N) is 1. The summed E-state index contributed by atoms with van der Waals surface area (Å²) in [6.07, 6.45) is 6.05. The van der Waals surface area contributed by atoms with Gasteiger partial charge in [-0.15, -0.1) is 11.3 Å². The lowest BCUT2D eigenvalue weighted by atomic mass is 10.00. The molecule has 7 heteroatoms. The second-order valence-corrected chi connectivity index (χ2v) is 9.92. The number of anilines is 1. The average Bonchev–Trinajstić information content (AvgIpc) is 3.21. The smallest absolute Gasteiger partial charge is 0.232 e. The molecule has 0 aliphatic carbocycles. The van der Waals surface area contributed by atoms with E-state index in [0.717, 1.165) is 26.0 Å². The van der Waals surface area contributed by atoms with Gasteiger partial charge in [0.05, 0.1) is 21.4 Å². The first-order chi connectivity index (χ1) is 15.7. The third kappa shape index (κ3) is 5.34. The van der Waals surface area contributed by atoms with E-state index in [1.165, 1.54) is 25.7 Å². The highest BCUT2D eigenvalue weighted by Crippen LogP contribution is 2.33. The van der Waals surface area contributed by atoms with Crippen molar-refractivity contribution in [2.75, 3.05) is 17.7 Å². The van der Waals surface area contributed by atoms with Crippen LogP contribution in [0.2, 0.25) is 0 Å². The van der Waals surface area contributed by atoms with Crippen LogP contribution in [0.25, 0.3) is 10.2 Å². The SMILES string of the molecule is CCCCCCSc1nc2ccc(N/C=C3\C(=O)c4ccccc4OC3OCC)cc2s1. The summed E-state index contributed by atoms with van der Waals surface area (Å²) in [4.78, 5) is 17.8. The van der Waals surface area contributed by atoms with Crippen LogP contribution < -0.4 is 10.1 Å². The largest absolute Gasteiger partial charge is 0.460 e. The van der Waals surface area contributed by atoms with Crippen LogP contribution in [0.1, 0.15) is 49.9 Å². The van der Waals surface area contributed by atoms with Crippen molar-refractivity contribution in [3.05, 3.63) is 59.8 Å². The molecule has 1 N–H and O–H groups in total. The Balaban J connectivity index is 1.47. The number of hydrogen-bond donors (Lipinski definition) is 1. The molecule has 0 fully saturated rings. The van der Waals surface area contributed by atoms with Gasteiger partial charge in [-0.2, -0.15) is 0 Å². The number of hydrogen-bond acceptors (Lipinski definition) is 7. The van der Waals surface area contributed by atoms with Crippen molar-refractivity contribution in [1.82, 2.24) is 4.98 Å². The molecular formula is C25H28N2O3S2. The van der Waals surface area contributed by atoms with E-state index in [1.54, 1.807) is 29.7 Å². The number of carbonyl (C=O) groups is 1. The van der Waals surface area contributed by atoms with Gasteiger partial charge < -0.3 is 14.8 Å². The fourth-order valence-corrected chi connectivity index (χ4v) is 5.69. The van der Waals surface area contributed by atoms with Crippen LogP contribution in [0.4, 0.5) is 5.69 Å². The Morgan fingerprint density at radius 2 is 2.06 bits per heavy atom. The zero-order chi connectivity index (χ0) is 22.3. The lowest BCUT2D eigenvalue weighted by molar-refractivity contribution is -0.0509. The molecule has 5 nitrogen and oxygen atoms in total. The van der Waals surface area contributed by atoms with Gasteiger partial charge in [0.15, 0.2) is 10.1 Å². The number of thiazole rings is 1. The minimum absolute atomic E-state index is 0.0848. The molecule has 0 spiro atoms. The molecule has 1 atom stereocenters. The van der Waals surface area contributed by atoms with Crippen LogP contribution in [-0.2, 0) is 4.74 Å². The molecule has 0 saturated heterocycles. The van der Waals surface area contributed by atoms with Crippen LogP contribution in [0.15, 0.2) is 58.6 Å². The van der Waals surface area contributed by atoms with Gasteiger partial charge in [-0.25, -0.2) is 4.98 Å². The summed E-state index contributed by atoms with van der Waals surface area (Å²) in [5, 5.41) is 3.26. The molecule has 2 heterocycles. The normalized spacial score (nSPS) is 16.9. The molecule has 4 rings (SSSR count). The van der Waals surface area contributed by atoms with Crippen molar-refractivity contribution in [2.24, 2.45) is 0 Å². The zero-order valence-electron chi connectivity index (χ0n) is 18.4. The molecule has 0 bridgehead atoms. The van der Waals surface area contributed by atoms with E-state index in [9.17, 15) is 4.79 Å². The standard InChI is InChI=1S/C25H28N2O3S2/c1-3-5-6-9-14-31-25-27-20-13-12-17(15-22(20)32-25)26-16-19-23(28)18-10-7-8-11-21(18)30-24(19)29-4-2/h7-8,10-13,15-16,24,26H,3-6,9,14H2,1-2H3/b19-16+. The summed E-state index contributed by atoms with van der Waals surface area (Å²) >= 11 is 3.55. The maximum atomic E-state index is 13.0. The van der Waals surface area contributed by atoms with Crippen molar-refractivity contribution < 1.29 is 14.3 Å². The van der Waals surface area contributed by atoms with E-state index in [0.29, 0.717) is 23.5 Å². The number of rotatable bonds is 10. The van der Waals surface area contributed by atoms with Crippen LogP contribution in [0.3, 0.4) is 0 Å². The van der Waals surface area contributed by atoms with Crippen LogP contribution in [-0.4, -0.2) is 29.4 Å². The van der Waals surface area contributed by atoms with Crippen molar-refractivity contribution in [3.8, 4) is 5.75 Å². The quantitative estimate of drug-likeness (QED) is 0.198. The van der Waals surface area contributed by atoms with E-state index in [1.807, 2.05) is 43.0 Å². The Morgan fingerprint density at radius 3 is 2.91 bits per heavy atom. The number of Topliss-reactive ketones (excluding diaryl/α,β-unsaturated/α-hetero) is 1. The molecule has 0 saturated carbocycles. The molecule has 1 aromatic heterocycles. The first-order valence-electron chi connectivity index (χ1n) is 11.1. The van der Waals surface area contributed by atoms with Gasteiger partial charge >= 0.3 is 0 Å². The van der Waals surface area contributed by atoms with Crippen molar-refractivity contribution in [2.45, 2.75) is 50.2 Å². The highest BCUT2D eigenvalue weighted by Gasteiger charge is 2.32. The predicted octanol–water partition coefficient (Wildman–Crippen LogP) is 6.90. The molecule has 0 radical (unpaired) electrons. The molecular weight excluding hydrogens is 440 g/mol. The highest BCUT2D eigenvalue weighted by atomic mass is 32.2. The van der Waals surface area contributed by atoms with E-state index in [2.05, 4.69) is 18.3 Å². The number of unbranched alkanes of at least 4 members (excludes halogenated alkanes) is 3. The fraction of sp³-hybridized carbons (Fsp3) is 0.360. The van der Waals surface area contributed by atoms with E-state index in [4.69, 9.17) is 14.5 Å². The summed E-state index contributed by atoms with van der Waals surface area (Å²) in [6, 6.07) is 13.3. The van der Waals surface area contributed by atoms with Gasteiger partial charge in [-0.1, -0.05) is 50.1 Å². The minimum Gasteiger partial charge on any atom is -0.460 e. The second-order valence-electron chi connectivity index (χ2n) is 7.55. The third-order valence-electron chi connectivity index (χ3n) is 5.19. The number of fused-ring (bicyclic) bond motifs is 2. The molecule has 2 aromatic carbocycles. The lowest BCUT2D eigenvalue weighted by Gasteiger charge is -2.27. The Bertz CT molecular complexity index is 1110. The number of ether oxygens (including phenoxy) is 2. The van der Waals surface area contributed by atoms with Crippen LogP contribution >= 0.6 is 23.1 Å². The van der Waals surface area contributed by atoms with Crippen molar-refractivity contribution >= 4 is 44.8 Å². The lowest BCUT2D eigenvalue weighted by Crippen LogP contribution is -2.33. The molecule has 3 aromatic rings. The first-order valence-corrected chi connectivity index (χ1v) is 12.9. The van der Waals surface area contributed by atoms with Gasteiger partial charge in [0.2, 0.25) is 6.29 Å². The maximum Gasteiger partial charge on any atom is 0.232 e. The van der Waals surface area contributed by atoms with Crippen LogP contribution in [0.5, 0.6) is 5.75 Å². The number of para-hydroxylation sites is 1. The number of benzene rings is 2. The van der Waals surface area contributed by atoms with E-state index < -0.39 is 6.29 Å². The Hall–Kier alpha value is -2.35. The summed E-state index contributed by atoms with van der Waals surface area (Å²) < 4.78 is 13.8. The van der Waals surface area contributed by atoms with Crippen molar-refractivity contribution in [3.63, 3.8) is 0 Å². The molecule has 168 valence electrons. The number of ketones is 1. The molecule has 1 unspecified atom stereocenters. The van der Waals surface area contributed by atoms with Gasteiger partial charge in [0.25, 0.3) is 0 Å². The number of carbonyl (C=O) groups excluding carboxylic acids is 1. The molecule has 32 heavy (non-hydrogen) atoms. The summed E-state index contributed by atoms with van der Waals surface area (Å²) in [5.74, 6) is 1.58. The van der Waals surface area contributed by atoms with Gasteiger partial charge in [0, 0.05) is 24.2 Å². The summed E-state index contributed by atoms with van der Waals surface area (Å²) in [7, 11) is 0. The zero-order valence-corrected chi connectivity index (χ0v) is 20.1. The van der Waals surface area contributed by atoms with E-state index in [-0.39, 0.29) is 5.78 Å². The minimum atomic E-state index is -0.724. The maximum absolute atomic E-state index is 13.0. The monoisotopic (exact) mass is 468 g/mol. The summed E-state index contributed by atoms with van der Waals surface area (Å²) in [6.45, 7) is 4.56. The van der Waals surface area contributed by atoms with E-state index >= 15 is 0 Å². The first kappa shape index (κ1) is 22.8.